The number of piperidine rings is 1. The summed E-state index contributed by atoms with van der Waals surface area (Å²) in [6.45, 7) is 3.18. The van der Waals surface area contributed by atoms with Gasteiger partial charge in [0.2, 0.25) is 0 Å². The van der Waals surface area contributed by atoms with Gasteiger partial charge in [-0.2, -0.15) is 0 Å². The molecule has 0 bridgehead atoms. The predicted octanol–water partition coefficient (Wildman–Crippen LogP) is 0.588. The summed E-state index contributed by atoms with van der Waals surface area (Å²) >= 11 is 0. The van der Waals surface area contributed by atoms with Gasteiger partial charge in [-0.25, -0.2) is 0 Å². The van der Waals surface area contributed by atoms with E-state index >= 15 is 0 Å². The standard InChI is InChI=1S/C10H20N2O/c1-12-5-3-10(4-6-12)8-9(11)2-7-13-10/h9H,2-8,11H2,1H3. The van der Waals surface area contributed by atoms with Crippen molar-refractivity contribution in [2.75, 3.05) is 26.7 Å². The van der Waals surface area contributed by atoms with Crippen molar-refractivity contribution in [2.45, 2.75) is 37.3 Å². The van der Waals surface area contributed by atoms with Crippen LogP contribution in [0.15, 0.2) is 0 Å². The van der Waals surface area contributed by atoms with E-state index in [1.54, 1.807) is 0 Å². The zero-order valence-electron chi connectivity index (χ0n) is 8.46. The van der Waals surface area contributed by atoms with E-state index in [2.05, 4.69) is 11.9 Å². The Bertz CT molecular complexity index is 176. The molecule has 1 atom stereocenters. The molecule has 2 fully saturated rings. The fourth-order valence-electron chi connectivity index (χ4n) is 2.44. The van der Waals surface area contributed by atoms with Crippen molar-refractivity contribution in [2.24, 2.45) is 5.73 Å². The normalized spacial score (nSPS) is 35.1. The molecule has 1 unspecified atom stereocenters. The number of hydrogen-bond acceptors (Lipinski definition) is 3. The third kappa shape index (κ3) is 2.03. The van der Waals surface area contributed by atoms with Crippen LogP contribution < -0.4 is 5.73 Å². The molecule has 0 amide bonds. The molecule has 2 aliphatic heterocycles. The SMILES string of the molecule is CN1CCC2(CC1)CC(N)CCO2. The Balaban J connectivity index is 1.95. The molecule has 1 spiro atoms. The molecule has 0 radical (unpaired) electrons. The van der Waals surface area contributed by atoms with E-state index in [1.165, 1.54) is 0 Å². The average Bonchev–Trinajstić information content (AvgIpc) is 2.11. The number of likely N-dealkylation sites (tertiary alicyclic amines) is 1. The quantitative estimate of drug-likeness (QED) is 0.599. The molecule has 2 N–H and O–H groups in total. The number of ether oxygens (including phenoxy) is 1. The highest BCUT2D eigenvalue weighted by Crippen LogP contribution is 2.33. The first-order chi connectivity index (χ1) is 6.20. The van der Waals surface area contributed by atoms with E-state index in [4.69, 9.17) is 10.5 Å². The van der Waals surface area contributed by atoms with Crippen molar-refractivity contribution < 1.29 is 4.74 Å². The van der Waals surface area contributed by atoms with Crippen molar-refractivity contribution in [3.8, 4) is 0 Å². The van der Waals surface area contributed by atoms with Crippen LogP contribution in [-0.4, -0.2) is 43.3 Å². The molecule has 2 aliphatic rings. The molecule has 3 heteroatoms. The van der Waals surface area contributed by atoms with Crippen LogP contribution in [-0.2, 0) is 4.74 Å². The third-order valence-electron chi connectivity index (χ3n) is 3.43. The second-order valence-electron chi connectivity index (χ2n) is 4.59. The fourth-order valence-corrected chi connectivity index (χ4v) is 2.44. The summed E-state index contributed by atoms with van der Waals surface area (Å²) in [7, 11) is 2.18. The molecule has 2 rings (SSSR count). The van der Waals surface area contributed by atoms with E-state index in [1.807, 2.05) is 0 Å². The summed E-state index contributed by atoms with van der Waals surface area (Å²) < 4.78 is 5.92. The van der Waals surface area contributed by atoms with Gasteiger partial charge in [0, 0.05) is 25.7 Å². The van der Waals surface area contributed by atoms with Crippen molar-refractivity contribution >= 4 is 0 Å². The number of nitrogens with zero attached hydrogens (tertiary/aromatic N) is 1. The summed E-state index contributed by atoms with van der Waals surface area (Å²) in [5, 5.41) is 0. The van der Waals surface area contributed by atoms with E-state index in [9.17, 15) is 0 Å². The van der Waals surface area contributed by atoms with Crippen LogP contribution in [0.3, 0.4) is 0 Å². The maximum Gasteiger partial charge on any atom is 0.0721 e. The highest BCUT2D eigenvalue weighted by molar-refractivity contribution is 4.92. The summed E-state index contributed by atoms with van der Waals surface area (Å²) in [5.74, 6) is 0. The largest absolute Gasteiger partial charge is 0.375 e. The summed E-state index contributed by atoms with van der Waals surface area (Å²) in [6, 6.07) is 0.372. The van der Waals surface area contributed by atoms with Gasteiger partial charge in [0.05, 0.1) is 5.60 Å². The maximum absolute atomic E-state index is 5.98. The van der Waals surface area contributed by atoms with Gasteiger partial charge in [0.15, 0.2) is 0 Å². The molecule has 3 nitrogen and oxygen atoms in total. The monoisotopic (exact) mass is 184 g/mol. The second kappa shape index (κ2) is 3.56. The number of rotatable bonds is 0. The molecular weight excluding hydrogens is 164 g/mol. The summed E-state index contributed by atoms with van der Waals surface area (Å²) in [4.78, 5) is 2.37. The van der Waals surface area contributed by atoms with E-state index in [0.717, 1.165) is 45.4 Å². The van der Waals surface area contributed by atoms with Gasteiger partial charge in [-0.1, -0.05) is 0 Å². The highest BCUT2D eigenvalue weighted by atomic mass is 16.5. The topological polar surface area (TPSA) is 38.5 Å². The molecule has 2 heterocycles. The van der Waals surface area contributed by atoms with Crippen molar-refractivity contribution in [1.29, 1.82) is 0 Å². The summed E-state index contributed by atoms with van der Waals surface area (Å²) in [6.07, 6.45) is 4.44. The van der Waals surface area contributed by atoms with Crippen LogP contribution in [0.25, 0.3) is 0 Å². The van der Waals surface area contributed by atoms with Crippen LogP contribution in [0, 0.1) is 0 Å². The lowest BCUT2D eigenvalue weighted by atomic mass is 9.83. The minimum atomic E-state index is 0.143. The first-order valence-electron chi connectivity index (χ1n) is 5.28. The Morgan fingerprint density at radius 1 is 1.38 bits per heavy atom. The minimum Gasteiger partial charge on any atom is -0.375 e. The average molecular weight is 184 g/mol. The van der Waals surface area contributed by atoms with Crippen molar-refractivity contribution in [3.05, 3.63) is 0 Å². The molecule has 0 saturated carbocycles. The molecule has 0 aromatic heterocycles. The molecule has 2 saturated heterocycles. The Kier molecular flexibility index (Phi) is 2.58. The molecule has 13 heavy (non-hydrogen) atoms. The lowest BCUT2D eigenvalue weighted by molar-refractivity contribution is -0.113. The smallest absolute Gasteiger partial charge is 0.0721 e. The molecule has 0 aromatic rings. The van der Waals surface area contributed by atoms with Crippen molar-refractivity contribution in [1.82, 2.24) is 4.90 Å². The van der Waals surface area contributed by atoms with Gasteiger partial charge >= 0.3 is 0 Å². The lowest BCUT2D eigenvalue weighted by Crippen LogP contribution is -2.51. The van der Waals surface area contributed by atoms with E-state index in [-0.39, 0.29) is 5.60 Å². The second-order valence-corrected chi connectivity index (χ2v) is 4.59. The Morgan fingerprint density at radius 3 is 2.69 bits per heavy atom. The van der Waals surface area contributed by atoms with Gasteiger partial charge < -0.3 is 15.4 Å². The van der Waals surface area contributed by atoms with Gasteiger partial charge in [-0.15, -0.1) is 0 Å². The molecule has 0 aliphatic carbocycles. The lowest BCUT2D eigenvalue weighted by Gasteiger charge is -2.44. The minimum absolute atomic E-state index is 0.143. The van der Waals surface area contributed by atoms with E-state index in [0.29, 0.717) is 6.04 Å². The van der Waals surface area contributed by atoms with Crippen LogP contribution in [0.2, 0.25) is 0 Å². The van der Waals surface area contributed by atoms with Gasteiger partial charge in [-0.05, 0) is 32.7 Å². The van der Waals surface area contributed by atoms with Crippen LogP contribution in [0.1, 0.15) is 25.7 Å². The van der Waals surface area contributed by atoms with Crippen molar-refractivity contribution in [3.63, 3.8) is 0 Å². The van der Waals surface area contributed by atoms with Gasteiger partial charge in [-0.3, -0.25) is 0 Å². The maximum atomic E-state index is 5.98. The van der Waals surface area contributed by atoms with E-state index < -0.39 is 0 Å². The van der Waals surface area contributed by atoms with Gasteiger partial charge in [0.1, 0.15) is 0 Å². The van der Waals surface area contributed by atoms with Crippen LogP contribution >= 0.6 is 0 Å². The highest BCUT2D eigenvalue weighted by Gasteiger charge is 2.38. The summed E-state index contributed by atoms with van der Waals surface area (Å²) in [5.41, 5.74) is 6.12. The van der Waals surface area contributed by atoms with Gasteiger partial charge in [0.25, 0.3) is 0 Å². The third-order valence-corrected chi connectivity index (χ3v) is 3.43. The molecular formula is C10H20N2O. The van der Waals surface area contributed by atoms with Crippen LogP contribution in [0.4, 0.5) is 0 Å². The Hall–Kier alpha value is -0.120. The Morgan fingerprint density at radius 2 is 2.08 bits per heavy atom. The zero-order valence-corrected chi connectivity index (χ0v) is 8.46. The first-order valence-corrected chi connectivity index (χ1v) is 5.28. The number of hydrogen-bond donors (Lipinski definition) is 1. The first kappa shape index (κ1) is 9.44. The number of nitrogens with two attached hydrogens (primary N) is 1. The zero-order chi connectivity index (χ0) is 9.31. The predicted molar refractivity (Wildman–Crippen MR) is 52.6 cm³/mol. The molecule has 76 valence electrons. The Labute approximate surface area is 80.2 Å². The molecule has 0 aromatic carbocycles. The van der Waals surface area contributed by atoms with Crippen LogP contribution in [0.5, 0.6) is 0 Å². The fraction of sp³-hybridized carbons (Fsp3) is 1.00.